The molecule has 2 aromatic heterocycles. The number of aromatic nitrogens is 3. The van der Waals surface area contributed by atoms with Gasteiger partial charge in [0.05, 0.1) is 31.0 Å². The van der Waals surface area contributed by atoms with Crippen molar-refractivity contribution in [2.75, 3.05) is 13.2 Å². The minimum absolute atomic E-state index is 0.0753. The van der Waals surface area contributed by atoms with E-state index in [1.165, 1.54) is 0 Å². The lowest BCUT2D eigenvalue weighted by molar-refractivity contribution is -0.130. The van der Waals surface area contributed by atoms with Gasteiger partial charge in [0.2, 0.25) is 11.8 Å². The van der Waals surface area contributed by atoms with Gasteiger partial charge in [-0.15, -0.1) is 0 Å². The predicted molar refractivity (Wildman–Crippen MR) is 89.9 cm³/mol. The first-order valence-electron chi connectivity index (χ1n) is 8.67. The number of hydrogen-bond acceptors (Lipinski definition) is 5. The van der Waals surface area contributed by atoms with Crippen molar-refractivity contribution in [2.45, 2.75) is 38.0 Å². The van der Waals surface area contributed by atoms with Crippen LogP contribution in [0.15, 0.2) is 43.1 Å². The zero-order valence-electron chi connectivity index (χ0n) is 14.0. The molecule has 2 atom stereocenters. The van der Waals surface area contributed by atoms with Gasteiger partial charge in [-0.3, -0.25) is 4.79 Å². The summed E-state index contributed by atoms with van der Waals surface area (Å²) >= 11 is 0. The molecule has 7 heteroatoms. The molecule has 1 aliphatic heterocycles. The molecule has 7 nitrogen and oxygen atoms in total. The molecule has 0 spiro atoms. The topological polar surface area (TPSA) is 78.3 Å². The average molecular weight is 342 g/mol. The van der Waals surface area contributed by atoms with Crippen LogP contribution in [0.25, 0.3) is 0 Å². The molecule has 1 saturated heterocycles. The van der Waals surface area contributed by atoms with Crippen LogP contribution in [0.5, 0.6) is 5.88 Å². The van der Waals surface area contributed by atoms with E-state index in [2.05, 4.69) is 15.3 Å². The van der Waals surface area contributed by atoms with Gasteiger partial charge < -0.3 is 19.4 Å². The molecule has 2 aromatic rings. The lowest BCUT2D eigenvalue weighted by atomic mass is 10.0. The Labute approximate surface area is 146 Å². The SMILES string of the molecule is O=C(N[C@@H]1COCC[C@H]1Oc1ccccn1)C1(Cn2ccnc2)CC1. The Morgan fingerprint density at radius 2 is 2.32 bits per heavy atom. The van der Waals surface area contributed by atoms with Gasteiger partial charge in [0, 0.05) is 37.6 Å². The maximum Gasteiger partial charge on any atom is 0.228 e. The van der Waals surface area contributed by atoms with E-state index in [1.54, 1.807) is 18.7 Å². The van der Waals surface area contributed by atoms with Gasteiger partial charge in [-0.25, -0.2) is 9.97 Å². The second-order valence-electron chi connectivity index (χ2n) is 6.78. The van der Waals surface area contributed by atoms with E-state index in [1.807, 2.05) is 29.0 Å². The Kier molecular flexibility index (Phi) is 4.40. The summed E-state index contributed by atoms with van der Waals surface area (Å²) in [7, 11) is 0. The number of carbonyl (C=O) groups is 1. The third-order valence-electron chi connectivity index (χ3n) is 4.90. The Hall–Kier alpha value is -2.41. The van der Waals surface area contributed by atoms with Crippen LogP contribution in [0.1, 0.15) is 19.3 Å². The number of rotatable bonds is 6. The van der Waals surface area contributed by atoms with Crippen LogP contribution in [0.2, 0.25) is 0 Å². The second kappa shape index (κ2) is 6.84. The van der Waals surface area contributed by atoms with Gasteiger partial charge >= 0.3 is 0 Å². The number of ether oxygens (including phenoxy) is 2. The molecule has 4 rings (SSSR count). The lowest BCUT2D eigenvalue weighted by Gasteiger charge is -2.33. The minimum atomic E-state index is -0.326. The zero-order valence-corrected chi connectivity index (χ0v) is 14.0. The molecule has 1 aliphatic carbocycles. The van der Waals surface area contributed by atoms with E-state index in [0.717, 1.165) is 19.3 Å². The van der Waals surface area contributed by atoms with Crippen LogP contribution < -0.4 is 10.1 Å². The maximum atomic E-state index is 12.8. The summed E-state index contributed by atoms with van der Waals surface area (Å²) in [5.74, 6) is 0.652. The Balaban J connectivity index is 1.40. The average Bonchev–Trinajstić information content (AvgIpc) is 3.24. The summed E-state index contributed by atoms with van der Waals surface area (Å²) in [6.07, 6.45) is 9.49. The largest absolute Gasteiger partial charge is 0.472 e. The number of pyridine rings is 1. The number of hydrogen-bond donors (Lipinski definition) is 1. The van der Waals surface area contributed by atoms with E-state index in [9.17, 15) is 4.79 Å². The van der Waals surface area contributed by atoms with Crippen LogP contribution in [0.4, 0.5) is 0 Å². The van der Waals surface area contributed by atoms with Gasteiger partial charge in [0.1, 0.15) is 6.10 Å². The van der Waals surface area contributed by atoms with Gasteiger partial charge in [-0.05, 0) is 18.9 Å². The molecule has 3 heterocycles. The van der Waals surface area contributed by atoms with Crippen molar-refractivity contribution in [1.29, 1.82) is 0 Å². The summed E-state index contributed by atoms with van der Waals surface area (Å²) in [4.78, 5) is 21.1. The number of nitrogens with zero attached hydrogens (tertiary/aromatic N) is 3. The van der Waals surface area contributed by atoms with Crippen molar-refractivity contribution >= 4 is 5.91 Å². The standard InChI is InChI=1S/C18H22N4O3/c23-17(18(5-6-18)12-22-9-8-19-13-22)21-14-11-24-10-4-15(14)25-16-3-1-2-7-20-16/h1-3,7-9,13-15H,4-6,10-12H2,(H,21,23)/t14-,15-/m1/s1. The third kappa shape index (κ3) is 3.66. The molecule has 1 N–H and O–H groups in total. The van der Waals surface area contributed by atoms with Crippen LogP contribution >= 0.6 is 0 Å². The van der Waals surface area contributed by atoms with E-state index in [4.69, 9.17) is 9.47 Å². The highest BCUT2D eigenvalue weighted by Gasteiger charge is 2.51. The van der Waals surface area contributed by atoms with E-state index >= 15 is 0 Å². The van der Waals surface area contributed by atoms with Crippen molar-refractivity contribution in [2.24, 2.45) is 5.41 Å². The highest BCUT2D eigenvalue weighted by Crippen LogP contribution is 2.47. The Morgan fingerprint density at radius 1 is 1.40 bits per heavy atom. The van der Waals surface area contributed by atoms with Gasteiger partial charge in [0.15, 0.2) is 0 Å². The summed E-state index contributed by atoms with van der Waals surface area (Å²) in [6.45, 7) is 1.76. The molecule has 0 aromatic carbocycles. The first kappa shape index (κ1) is 16.1. The molecule has 0 unspecified atom stereocenters. The Morgan fingerprint density at radius 3 is 3.04 bits per heavy atom. The number of nitrogens with one attached hydrogen (secondary N) is 1. The molecular weight excluding hydrogens is 320 g/mol. The Bertz CT molecular complexity index is 700. The highest BCUT2D eigenvalue weighted by molar-refractivity contribution is 5.85. The first-order chi connectivity index (χ1) is 12.3. The molecule has 1 saturated carbocycles. The van der Waals surface area contributed by atoms with Crippen LogP contribution in [0.3, 0.4) is 0 Å². The predicted octanol–water partition coefficient (Wildman–Crippen LogP) is 1.41. The quantitative estimate of drug-likeness (QED) is 0.859. The molecule has 0 bridgehead atoms. The van der Waals surface area contributed by atoms with Gasteiger partial charge in [-0.1, -0.05) is 6.07 Å². The van der Waals surface area contributed by atoms with Crippen molar-refractivity contribution < 1.29 is 14.3 Å². The van der Waals surface area contributed by atoms with Crippen LogP contribution in [0, 0.1) is 5.41 Å². The number of imidazole rings is 1. The second-order valence-corrected chi connectivity index (χ2v) is 6.78. The maximum absolute atomic E-state index is 12.8. The van der Waals surface area contributed by atoms with E-state index in [-0.39, 0.29) is 23.5 Å². The molecule has 2 fully saturated rings. The molecule has 132 valence electrons. The monoisotopic (exact) mass is 342 g/mol. The van der Waals surface area contributed by atoms with Crippen molar-refractivity contribution in [3.8, 4) is 5.88 Å². The summed E-state index contributed by atoms with van der Waals surface area (Å²) in [6, 6.07) is 5.40. The summed E-state index contributed by atoms with van der Waals surface area (Å²) < 4.78 is 13.5. The molecule has 0 radical (unpaired) electrons. The normalized spacial score (nSPS) is 24.5. The lowest BCUT2D eigenvalue weighted by Crippen LogP contribution is -2.53. The summed E-state index contributed by atoms with van der Waals surface area (Å²) in [5.41, 5.74) is -0.326. The number of amides is 1. The third-order valence-corrected chi connectivity index (χ3v) is 4.90. The van der Waals surface area contributed by atoms with E-state index < -0.39 is 0 Å². The number of carbonyl (C=O) groups excluding carboxylic acids is 1. The molecule has 25 heavy (non-hydrogen) atoms. The highest BCUT2D eigenvalue weighted by atomic mass is 16.5. The van der Waals surface area contributed by atoms with Crippen molar-refractivity contribution in [3.63, 3.8) is 0 Å². The fourth-order valence-electron chi connectivity index (χ4n) is 3.22. The zero-order chi connectivity index (χ0) is 17.1. The van der Waals surface area contributed by atoms with Crippen LogP contribution in [-0.4, -0.2) is 45.8 Å². The van der Waals surface area contributed by atoms with Crippen molar-refractivity contribution in [3.05, 3.63) is 43.1 Å². The fourth-order valence-corrected chi connectivity index (χ4v) is 3.22. The summed E-state index contributed by atoms with van der Waals surface area (Å²) in [5, 5.41) is 3.15. The first-order valence-corrected chi connectivity index (χ1v) is 8.67. The van der Waals surface area contributed by atoms with Crippen molar-refractivity contribution in [1.82, 2.24) is 19.9 Å². The van der Waals surface area contributed by atoms with Crippen LogP contribution in [-0.2, 0) is 16.1 Å². The van der Waals surface area contributed by atoms with Gasteiger partial charge in [-0.2, -0.15) is 0 Å². The van der Waals surface area contributed by atoms with Gasteiger partial charge in [0.25, 0.3) is 0 Å². The molecule has 2 aliphatic rings. The minimum Gasteiger partial charge on any atom is -0.472 e. The fraction of sp³-hybridized carbons (Fsp3) is 0.500. The smallest absolute Gasteiger partial charge is 0.228 e. The molecular formula is C18H22N4O3. The molecule has 1 amide bonds. The van der Waals surface area contributed by atoms with E-state index in [0.29, 0.717) is 25.6 Å².